The Labute approximate surface area is 140 Å². The van der Waals surface area contributed by atoms with Gasteiger partial charge in [0.1, 0.15) is 0 Å². The molecule has 0 aliphatic heterocycles. The van der Waals surface area contributed by atoms with Gasteiger partial charge in [-0.05, 0) is 37.0 Å². The lowest BCUT2D eigenvalue weighted by atomic mass is 10.1. The lowest BCUT2D eigenvalue weighted by Gasteiger charge is -2.04. The van der Waals surface area contributed by atoms with Crippen LogP contribution in [0.15, 0.2) is 47.6 Å². The molecular formula is C18H20N2O4. The number of phenols is 3. The highest BCUT2D eigenvalue weighted by atomic mass is 16.3. The van der Waals surface area contributed by atoms with Crippen molar-refractivity contribution in [3.63, 3.8) is 0 Å². The number of hydrazone groups is 1. The minimum Gasteiger partial charge on any atom is -0.504 e. The molecule has 0 aromatic heterocycles. The van der Waals surface area contributed by atoms with E-state index in [4.69, 9.17) is 0 Å². The Balaban J connectivity index is 1.72. The third-order valence-corrected chi connectivity index (χ3v) is 3.52. The predicted octanol–water partition coefficient (Wildman–Crippen LogP) is 2.67. The van der Waals surface area contributed by atoms with Crippen molar-refractivity contribution in [1.29, 1.82) is 0 Å². The number of nitrogens with one attached hydrogen (secondary N) is 1. The zero-order valence-corrected chi connectivity index (χ0v) is 13.1. The Morgan fingerprint density at radius 1 is 1.00 bits per heavy atom. The van der Waals surface area contributed by atoms with E-state index >= 15 is 0 Å². The zero-order chi connectivity index (χ0) is 17.4. The van der Waals surface area contributed by atoms with E-state index in [0.29, 0.717) is 6.42 Å². The van der Waals surface area contributed by atoms with Gasteiger partial charge in [-0.2, -0.15) is 5.10 Å². The summed E-state index contributed by atoms with van der Waals surface area (Å²) in [5.41, 5.74) is 3.80. The molecule has 0 unspecified atom stereocenters. The van der Waals surface area contributed by atoms with Crippen molar-refractivity contribution in [1.82, 2.24) is 5.43 Å². The summed E-state index contributed by atoms with van der Waals surface area (Å²) in [6.07, 6.45) is 4.15. The third kappa shape index (κ3) is 5.01. The van der Waals surface area contributed by atoms with Gasteiger partial charge < -0.3 is 15.3 Å². The fraction of sp³-hybridized carbons (Fsp3) is 0.222. The van der Waals surface area contributed by atoms with Gasteiger partial charge in [-0.1, -0.05) is 30.3 Å². The highest BCUT2D eigenvalue weighted by molar-refractivity contribution is 5.86. The van der Waals surface area contributed by atoms with Gasteiger partial charge in [-0.3, -0.25) is 4.79 Å². The van der Waals surface area contributed by atoms with Crippen LogP contribution in [-0.2, 0) is 11.2 Å². The molecule has 1 amide bonds. The normalized spacial score (nSPS) is 10.8. The van der Waals surface area contributed by atoms with Crippen molar-refractivity contribution in [2.24, 2.45) is 5.10 Å². The molecule has 4 N–H and O–H groups in total. The lowest BCUT2D eigenvalue weighted by Crippen LogP contribution is -2.17. The lowest BCUT2D eigenvalue weighted by molar-refractivity contribution is -0.121. The molecule has 6 nitrogen and oxygen atoms in total. The van der Waals surface area contributed by atoms with Crippen LogP contribution in [0, 0.1) is 0 Å². The summed E-state index contributed by atoms with van der Waals surface area (Å²) < 4.78 is 0. The number of hydrogen-bond acceptors (Lipinski definition) is 5. The third-order valence-electron chi connectivity index (χ3n) is 3.52. The number of phenolic OH excluding ortho intramolecular Hbond substituents is 3. The first kappa shape index (κ1) is 17.3. The highest BCUT2D eigenvalue weighted by Gasteiger charge is 2.09. The SMILES string of the molecule is O=C(CCCCc1ccccc1)N/N=C/c1ccc(O)c(O)c1O. The van der Waals surface area contributed by atoms with Crippen molar-refractivity contribution in [2.45, 2.75) is 25.7 Å². The Kier molecular flexibility index (Phi) is 6.19. The summed E-state index contributed by atoms with van der Waals surface area (Å²) in [6.45, 7) is 0. The monoisotopic (exact) mass is 328 g/mol. The Morgan fingerprint density at radius 2 is 1.75 bits per heavy atom. The second kappa shape index (κ2) is 8.57. The van der Waals surface area contributed by atoms with Gasteiger partial charge >= 0.3 is 0 Å². The minimum atomic E-state index is -0.619. The first-order valence-electron chi connectivity index (χ1n) is 7.67. The molecule has 2 aromatic rings. The predicted molar refractivity (Wildman–Crippen MR) is 91.2 cm³/mol. The average molecular weight is 328 g/mol. The standard InChI is InChI=1S/C18H20N2O4/c21-15-11-10-14(17(23)18(15)24)12-19-20-16(22)9-5-4-8-13-6-2-1-3-7-13/h1-3,6-7,10-12,21,23-24H,4-5,8-9H2,(H,20,22)/b19-12+. The molecule has 0 fully saturated rings. The number of aromatic hydroxyl groups is 3. The van der Waals surface area contributed by atoms with Crippen LogP contribution < -0.4 is 5.43 Å². The fourth-order valence-electron chi connectivity index (χ4n) is 2.18. The number of nitrogens with zero attached hydrogens (tertiary/aromatic N) is 1. The van der Waals surface area contributed by atoms with Gasteiger partial charge in [0.05, 0.1) is 6.21 Å². The second-order valence-corrected chi connectivity index (χ2v) is 5.36. The Bertz CT molecular complexity index is 714. The molecule has 0 bridgehead atoms. The van der Waals surface area contributed by atoms with Crippen LogP contribution in [0.25, 0.3) is 0 Å². The quantitative estimate of drug-likeness (QED) is 0.271. The summed E-state index contributed by atoms with van der Waals surface area (Å²) >= 11 is 0. The maximum Gasteiger partial charge on any atom is 0.240 e. The van der Waals surface area contributed by atoms with E-state index in [-0.39, 0.29) is 11.5 Å². The molecule has 6 heteroatoms. The van der Waals surface area contributed by atoms with E-state index in [9.17, 15) is 20.1 Å². The van der Waals surface area contributed by atoms with Gasteiger partial charge in [-0.25, -0.2) is 5.43 Å². The summed E-state index contributed by atoms with van der Waals surface area (Å²) in [5, 5.41) is 31.9. The van der Waals surface area contributed by atoms with Crippen LogP contribution in [0.4, 0.5) is 0 Å². The van der Waals surface area contributed by atoms with Crippen LogP contribution >= 0.6 is 0 Å². The summed E-state index contributed by atoms with van der Waals surface area (Å²) in [7, 11) is 0. The number of carbonyl (C=O) groups excluding carboxylic acids is 1. The van der Waals surface area contributed by atoms with Crippen LogP contribution in [0.5, 0.6) is 17.2 Å². The van der Waals surface area contributed by atoms with Gasteiger partial charge in [0.15, 0.2) is 11.5 Å². The van der Waals surface area contributed by atoms with Crippen LogP contribution in [0.1, 0.15) is 30.4 Å². The molecule has 2 rings (SSSR count). The molecule has 0 spiro atoms. The van der Waals surface area contributed by atoms with E-state index in [1.54, 1.807) is 0 Å². The van der Waals surface area contributed by atoms with Crippen molar-refractivity contribution >= 4 is 12.1 Å². The number of rotatable bonds is 7. The van der Waals surface area contributed by atoms with Gasteiger partial charge in [-0.15, -0.1) is 0 Å². The molecule has 0 aliphatic rings. The number of unbranched alkanes of at least 4 members (excludes halogenated alkanes) is 1. The van der Waals surface area contributed by atoms with E-state index < -0.39 is 17.2 Å². The molecule has 2 aromatic carbocycles. The van der Waals surface area contributed by atoms with E-state index in [2.05, 4.69) is 22.7 Å². The summed E-state index contributed by atoms with van der Waals surface area (Å²) in [6, 6.07) is 12.7. The fourth-order valence-corrected chi connectivity index (χ4v) is 2.18. The van der Waals surface area contributed by atoms with Crippen LogP contribution in [0.2, 0.25) is 0 Å². The molecular weight excluding hydrogens is 308 g/mol. The average Bonchev–Trinajstić information content (AvgIpc) is 2.60. The summed E-state index contributed by atoms with van der Waals surface area (Å²) in [5.74, 6) is -1.75. The maximum atomic E-state index is 11.7. The highest BCUT2D eigenvalue weighted by Crippen LogP contribution is 2.36. The number of hydrogen-bond donors (Lipinski definition) is 4. The van der Waals surface area contributed by atoms with Gasteiger partial charge in [0.2, 0.25) is 11.7 Å². The first-order valence-corrected chi connectivity index (χ1v) is 7.67. The van der Waals surface area contributed by atoms with E-state index in [1.165, 1.54) is 23.9 Å². The molecule has 0 atom stereocenters. The van der Waals surface area contributed by atoms with Crippen LogP contribution in [-0.4, -0.2) is 27.4 Å². The molecule has 0 radical (unpaired) electrons. The Morgan fingerprint density at radius 3 is 2.50 bits per heavy atom. The number of benzene rings is 2. The molecule has 0 heterocycles. The smallest absolute Gasteiger partial charge is 0.240 e. The molecule has 0 aliphatic carbocycles. The second-order valence-electron chi connectivity index (χ2n) is 5.36. The van der Waals surface area contributed by atoms with Crippen LogP contribution in [0.3, 0.4) is 0 Å². The maximum absolute atomic E-state index is 11.7. The van der Waals surface area contributed by atoms with Crippen molar-refractivity contribution in [2.75, 3.05) is 0 Å². The molecule has 0 saturated heterocycles. The van der Waals surface area contributed by atoms with E-state index in [1.807, 2.05) is 18.2 Å². The molecule has 0 saturated carbocycles. The van der Waals surface area contributed by atoms with Crippen molar-refractivity contribution in [3.05, 3.63) is 53.6 Å². The van der Waals surface area contributed by atoms with Crippen molar-refractivity contribution in [3.8, 4) is 17.2 Å². The molecule has 24 heavy (non-hydrogen) atoms. The van der Waals surface area contributed by atoms with E-state index in [0.717, 1.165) is 19.3 Å². The largest absolute Gasteiger partial charge is 0.504 e. The van der Waals surface area contributed by atoms with Gasteiger partial charge in [0, 0.05) is 12.0 Å². The number of amides is 1. The molecule has 126 valence electrons. The Hall–Kier alpha value is -3.02. The summed E-state index contributed by atoms with van der Waals surface area (Å²) in [4.78, 5) is 11.7. The number of carbonyl (C=O) groups is 1. The van der Waals surface area contributed by atoms with Crippen molar-refractivity contribution < 1.29 is 20.1 Å². The minimum absolute atomic E-state index is 0.190. The van der Waals surface area contributed by atoms with Gasteiger partial charge in [0.25, 0.3) is 0 Å². The zero-order valence-electron chi connectivity index (χ0n) is 13.1. The number of aryl methyl sites for hydroxylation is 1. The first-order chi connectivity index (χ1) is 11.6. The topological polar surface area (TPSA) is 102 Å².